The number of carbonyl (C=O) groups is 1. The molecule has 0 aliphatic heterocycles. The highest BCUT2D eigenvalue weighted by Crippen LogP contribution is 2.10. The van der Waals surface area contributed by atoms with E-state index in [0.717, 1.165) is 18.0 Å². The molecule has 0 fully saturated rings. The molecule has 0 saturated carbocycles. The van der Waals surface area contributed by atoms with Crippen molar-refractivity contribution in [3.63, 3.8) is 0 Å². The van der Waals surface area contributed by atoms with Crippen LogP contribution in [0.1, 0.15) is 62.2 Å². The van der Waals surface area contributed by atoms with Gasteiger partial charge in [-0.3, -0.25) is 4.89 Å². The van der Waals surface area contributed by atoms with Gasteiger partial charge in [0.1, 0.15) is 8.07 Å². The van der Waals surface area contributed by atoms with Gasteiger partial charge < -0.3 is 0 Å². The maximum absolute atomic E-state index is 12.0. The monoisotopic (exact) mass is 360 g/mol. The van der Waals surface area contributed by atoms with Crippen LogP contribution in [0.15, 0.2) is 48.8 Å². The van der Waals surface area contributed by atoms with Crippen molar-refractivity contribution in [2.24, 2.45) is 0 Å². The van der Waals surface area contributed by atoms with Crippen LogP contribution in [0.3, 0.4) is 0 Å². The molecule has 0 saturated heterocycles. The van der Waals surface area contributed by atoms with E-state index in [9.17, 15) is 4.79 Å². The second kappa shape index (κ2) is 11.8. The largest absolute Gasteiger partial charge is 0.373 e. The summed E-state index contributed by atoms with van der Waals surface area (Å²) in [5, 5.41) is 1.16. The van der Waals surface area contributed by atoms with Gasteiger partial charge >= 0.3 is 5.97 Å². The van der Waals surface area contributed by atoms with E-state index in [1.54, 1.807) is 12.1 Å². The second-order valence-corrected chi connectivity index (χ2v) is 10.5. The lowest BCUT2D eigenvalue weighted by Gasteiger charge is -2.19. The van der Waals surface area contributed by atoms with Crippen molar-refractivity contribution in [1.82, 2.24) is 0 Å². The summed E-state index contributed by atoms with van der Waals surface area (Å²) in [4.78, 5) is 21.9. The Morgan fingerprint density at radius 2 is 1.56 bits per heavy atom. The summed E-state index contributed by atoms with van der Waals surface area (Å²) in [5.41, 5.74) is 4.44. The Bertz CT molecular complexity index is 529. The topological polar surface area (TPSA) is 35.5 Å². The van der Waals surface area contributed by atoms with Gasteiger partial charge in [0, 0.05) is 0 Å². The van der Waals surface area contributed by atoms with Gasteiger partial charge in [-0.2, -0.15) is 4.89 Å². The maximum atomic E-state index is 12.0. The summed E-state index contributed by atoms with van der Waals surface area (Å²) in [6.07, 6.45) is 8.41. The number of carbonyl (C=O) groups excluding carboxylic acids is 1. The highest BCUT2D eigenvalue weighted by atomic mass is 28.3. The lowest BCUT2D eigenvalue weighted by atomic mass is 10.1. The first-order chi connectivity index (χ1) is 12.1. The van der Waals surface area contributed by atoms with Crippen molar-refractivity contribution in [3.05, 3.63) is 54.4 Å². The molecule has 0 bridgehead atoms. The fraction of sp³-hybridized carbons (Fsp3) is 0.476. The van der Waals surface area contributed by atoms with Crippen LogP contribution in [-0.2, 0) is 9.78 Å². The number of hydrogen-bond donors (Lipinski definition) is 0. The summed E-state index contributed by atoms with van der Waals surface area (Å²) in [7, 11) is -1.84. The van der Waals surface area contributed by atoms with Gasteiger partial charge in [0.25, 0.3) is 0 Å². The molecule has 0 N–H and O–H groups in total. The summed E-state index contributed by atoms with van der Waals surface area (Å²) in [5.74, 6) is -0.449. The van der Waals surface area contributed by atoms with Gasteiger partial charge in [-0.15, -0.1) is 13.2 Å². The summed E-state index contributed by atoms with van der Waals surface area (Å²) >= 11 is 0. The average molecular weight is 361 g/mol. The molecule has 0 radical (unpaired) electrons. The summed E-state index contributed by atoms with van der Waals surface area (Å²) < 4.78 is 0. The van der Waals surface area contributed by atoms with E-state index in [0.29, 0.717) is 12.2 Å². The maximum Gasteiger partial charge on any atom is 0.373 e. The van der Waals surface area contributed by atoms with E-state index in [-0.39, 0.29) is 0 Å². The highest BCUT2D eigenvalue weighted by Gasteiger charge is 2.22. The minimum atomic E-state index is -1.84. The molecule has 25 heavy (non-hydrogen) atoms. The second-order valence-electron chi connectivity index (χ2n) is 6.58. The minimum absolute atomic E-state index is 0.449. The Balaban J connectivity index is 2.29. The van der Waals surface area contributed by atoms with Crippen molar-refractivity contribution in [2.45, 2.75) is 58.4 Å². The highest BCUT2D eigenvalue weighted by molar-refractivity contribution is 6.98. The van der Waals surface area contributed by atoms with E-state index in [1.165, 1.54) is 32.1 Å². The number of unbranched alkanes of at least 4 members (excludes halogenated alkanes) is 6. The minimum Gasteiger partial charge on any atom is -0.293 e. The number of benzene rings is 1. The molecule has 0 aliphatic carbocycles. The molecular formula is C21H32O3Si. The molecule has 138 valence electrons. The van der Waals surface area contributed by atoms with Gasteiger partial charge in [-0.1, -0.05) is 80.7 Å². The zero-order chi connectivity index (χ0) is 18.5. The van der Waals surface area contributed by atoms with E-state index >= 15 is 0 Å². The molecule has 3 nitrogen and oxygen atoms in total. The van der Waals surface area contributed by atoms with E-state index in [2.05, 4.69) is 26.6 Å². The fourth-order valence-corrected chi connectivity index (χ4v) is 4.07. The van der Waals surface area contributed by atoms with Crippen LogP contribution in [0.5, 0.6) is 0 Å². The molecule has 4 heteroatoms. The zero-order valence-corrected chi connectivity index (χ0v) is 16.8. The third kappa shape index (κ3) is 7.40. The smallest absolute Gasteiger partial charge is 0.293 e. The molecule has 0 amide bonds. The standard InChI is InChI=1S/C21H32O3Si/c1-5-8-9-10-11-12-13-18-23-24-21(22)19-14-16-20(17-15-19)25(4,6-2)7-3/h6-7,14-17H,2-3,5,8-13,18H2,1,4H3. The van der Waals surface area contributed by atoms with Gasteiger partial charge in [0.2, 0.25) is 0 Å². The predicted octanol–water partition coefficient (Wildman–Crippen LogP) is 5.26. The van der Waals surface area contributed by atoms with Crippen molar-refractivity contribution >= 4 is 19.2 Å². The molecule has 0 aromatic heterocycles. The molecule has 1 aromatic carbocycles. The third-order valence-electron chi connectivity index (χ3n) is 4.56. The Morgan fingerprint density at radius 3 is 2.12 bits per heavy atom. The van der Waals surface area contributed by atoms with Crippen molar-refractivity contribution in [2.75, 3.05) is 6.61 Å². The molecular weight excluding hydrogens is 328 g/mol. The Labute approximate surface area is 153 Å². The lowest BCUT2D eigenvalue weighted by Crippen LogP contribution is -2.40. The fourth-order valence-electron chi connectivity index (χ4n) is 2.55. The first-order valence-electron chi connectivity index (χ1n) is 9.29. The van der Waals surface area contributed by atoms with Crippen LogP contribution in [0.4, 0.5) is 0 Å². The molecule has 0 heterocycles. The molecule has 1 rings (SSSR count). The Hall–Kier alpha value is -1.65. The predicted molar refractivity (Wildman–Crippen MR) is 107 cm³/mol. The molecule has 0 atom stereocenters. The van der Waals surface area contributed by atoms with Crippen LogP contribution >= 0.6 is 0 Å². The van der Waals surface area contributed by atoms with Crippen molar-refractivity contribution in [1.29, 1.82) is 0 Å². The van der Waals surface area contributed by atoms with Gasteiger partial charge in [0.05, 0.1) is 12.2 Å². The first-order valence-corrected chi connectivity index (χ1v) is 11.9. The van der Waals surface area contributed by atoms with E-state index in [1.807, 2.05) is 23.5 Å². The van der Waals surface area contributed by atoms with E-state index < -0.39 is 14.0 Å². The lowest BCUT2D eigenvalue weighted by molar-refractivity contribution is -0.241. The summed E-state index contributed by atoms with van der Waals surface area (Å²) in [6.45, 7) is 12.6. The Morgan fingerprint density at radius 1 is 1.00 bits per heavy atom. The number of hydrogen-bond acceptors (Lipinski definition) is 3. The average Bonchev–Trinajstić information content (AvgIpc) is 2.66. The first kappa shape index (κ1) is 21.4. The van der Waals surface area contributed by atoms with Gasteiger partial charge in [-0.25, -0.2) is 4.79 Å². The molecule has 0 spiro atoms. The Kier molecular flexibility index (Phi) is 10.1. The molecule has 1 aromatic rings. The SMILES string of the molecule is C=C[Si](C)(C=C)c1ccc(C(=O)OOCCCCCCCCC)cc1. The van der Waals surface area contributed by atoms with Crippen LogP contribution in [0, 0.1) is 0 Å². The quantitative estimate of drug-likeness (QED) is 0.208. The molecule has 0 aliphatic rings. The van der Waals surface area contributed by atoms with Gasteiger partial charge in [-0.05, 0) is 18.6 Å². The van der Waals surface area contributed by atoms with Crippen LogP contribution in [-0.4, -0.2) is 20.7 Å². The van der Waals surface area contributed by atoms with Gasteiger partial charge in [0.15, 0.2) is 0 Å². The van der Waals surface area contributed by atoms with E-state index in [4.69, 9.17) is 9.78 Å². The normalized spacial score (nSPS) is 11.1. The third-order valence-corrected chi connectivity index (χ3v) is 7.83. The summed E-state index contributed by atoms with van der Waals surface area (Å²) in [6, 6.07) is 7.44. The van der Waals surface area contributed by atoms with Crippen molar-refractivity contribution in [3.8, 4) is 0 Å². The molecule has 0 unspecified atom stereocenters. The van der Waals surface area contributed by atoms with Crippen molar-refractivity contribution < 1.29 is 14.6 Å². The number of rotatable bonds is 13. The van der Waals surface area contributed by atoms with Crippen LogP contribution < -0.4 is 5.19 Å². The van der Waals surface area contributed by atoms with Crippen LogP contribution in [0.25, 0.3) is 0 Å². The van der Waals surface area contributed by atoms with Crippen LogP contribution in [0.2, 0.25) is 6.55 Å². The zero-order valence-electron chi connectivity index (χ0n) is 15.8.